The highest BCUT2D eigenvalue weighted by atomic mass is 32.2. The first kappa shape index (κ1) is 14.6. The largest absolute Gasteiger partial charge is 0.367 e. The SMILES string of the molecule is CCS(=O)(=O)Nc1ccc(N2CCN(C=O)CC2)cn1. The Hall–Kier alpha value is -1.83. The van der Waals surface area contributed by atoms with Gasteiger partial charge < -0.3 is 9.80 Å². The summed E-state index contributed by atoms with van der Waals surface area (Å²) in [5, 5.41) is 0. The molecule has 1 aromatic heterocycles. The number of nitrogens with zero attached hydrogens (tertiary/aromatic N) is 3. The Labute approximate surface area is 118 Å². The maximum absolute atomic E-state index is 11.4. The topological polar surface area (TPSA) is 82.6 Å². The van der Waals surface area contributed by atoms with Crippen LogP contribution in [0, 0.1) is 0 Å². The van der Waals surface area contributed by atoms with E-state index in [0.717, 1.165) is 25.2 Å². The van der Waals surface area contributed by atoms with E-state index in [1.54, 1.807) is 24.1 Å². The molecule has 0 saturated carbocycles. The van der Waals surface area contributed by atoms with E-state index in [1.165, 1.54) is 0 Å². The van der Waals surface area contributed by atoms with Gasteiger partial charge in [-0.25, -0.2) is 13.4 Å². The van der Waals surface area contributed by atoms with Gasteiger partial charge in [0.1, 0.15) is 5.82 Å². The van der Waals surface area contributed by atoms with Crippen LogP contribution in [0.2, 0.25) is 0 Å². The molecule has 20 heavy (non-hydrogen) atoms. The van der Waals surface area contributed by atoms with Gasteiger partial charge in [-0.15, -0.1) is 0 Å². The summed E-state index contributed by atoms with van der Waals surface area (Å²) in [7, 11) is -3.29. The van der Waals surface area contributed by atoms with Gasteiger partial charge in [0, 0.05) is 26.2 Å². The molecule has 1 saturated heterocycles. The Morgan fingerprint density at radius 2 is 2.00 bits per heavy atom. The zero-order valence-corrected chi connectivity index (χ0v) is 12.1. The van der Waals surface area contributed by atoms with E-state index >= 15 is 0 Å². The molecule has 2 heterocycles. The Kier molecular flexibility index (Phi) is 4.43. The first-order chi connectivity index (χ1) is 9.54. The van der Waals surface area contributed by atoms with Crippen LogP contribution in [-0.2, 0) is 14.8 Å². The molecule has 0 aromatic carbocycles. The van der Waals surface area contributed by atoms with Gasteiger partial charge in [-0.2, -0.15) is 0 Å². The van der Waals surface area contributed by atoms with Gasteiger partial charge in [-0.05, 0) is 19.1 Å². The fourth-order valence-corrected chi connectivity index (χ4v) is 2.53. The third-order valence-electron chi connectivity index (χ3n) is 3.22. The predicted molar refractivity (Wildman–Crippen MR) is 77.2 cm³/mol. The minimum atomic E-state index is -3.29. The second-order valence-electron chi connectivity index (χ2n) is 4.54. The predicted octanol–water partition coefficient (Wildman–Crippen LogP) is 0.122. The van der Waals surface area contributed by atoms with Crippen LogP contribution < -0.4 is 9.62 Å². The first-order valence-corrected chi connectivity index (χ1v) is 8.10. The highest BCUT2D eigenvalue weighted by Gasteiger charge is 2.16. The van der Waals surface area contributed by atoms with Crippen LogP contribution in [0.25, 0.3) is 0 Å². The molecular weight excluding hydrogens is 280 g/mol. The highest BCUT2D eigenvalue weighted by molar-refractivity contribution is 7.92. The number of sulfonamides is 1. The van der Waals surface area contributed by atoms with Crippen LogP contribution in [0.15, 0.2) is 18.3 Å². The fourth-order valence-electron chi connectivity index (χ4n) is 1.95. The minimum Gasteiger partial charge on any atom is -0.367 e. The van der Waals surface area contributed by atoms with Crippen molar-refractivity contribution in [1.29, 1.82) is 0 Å². The summed E-state index contributed by atoms with van der Waals surface area (Å²) < 4.78 is 25.3. The van der Waals surface area contributed by atoms with E-state index in [9.17, 15) is 13.2 Å². The summed E-state index contributed by atoms with van der Waals surface area (Å²) in [6.45, 7) is 4.45. The van der Waals surface area contributed by atoms with Crippen LogP contribution in [0.5, 0.6) is 0 Å². The van der Waals surface area contributed by atoms with E-state index in [0.29, 0.717) is 18.9 Å². The van der Waals surface area contributed by atoms with Crippen LogP contribution in [-0.4, -0.2) is 56.6 Å². The number of carbonyl (C=O) groups is 1. The lowest BCUT2D eigenvalue weighted by Crippen LogP contribution is -2.45. The third-order valence-corrected chi connectivity index (χ3v) is 4.50. The monoisotopic (exact) mass is 298 g/mol. The number of rotatable bonds is 5. The van der Waals surface area contributed by atoms with Crippen molar-refractivity contribution < 1.29 is 13.2 Å². The molecule has 7 nitrogen and oxygen atoms in total. The quantitative estimate of drug-likeness (QED) is 0.781. The van der Waals surface area contributed by atoms with Gasteiger partial charge in [-0.3, -0.25) is 9.52 Å². The number of nitrogens with one attached hydrogen (secondary N) is 1. The average Bonchev–Trinajstić information content (AvgIpc) is 2.48. The lowest BCUT2D eigenvalue weighted by Gasteiger charge is -2.33. The number of aromatic nitrogens is 1. The number of pyridine rings is 1. The molecule has 8 heteroatoms. The van der Waals surface area contributed by atoms with Crippen molar-refractivity contribution in [3.63, 3.8) is 0 Å². The van der Waals surface area contributed by atoms with E-state index in [-0.39, 0.29) is 5.75 Å². The van der Waals surface area contributed by atoms with E-state index in [1.807, 2.05) is 6.07 Å². The number of anilines is 2. The van der Waals surface area contributed by atoms with Gasteiger partial charge in [0.25, 0.3) is 0 Å². The molecule has 1 N–H and O–H groups in total. The molecule has 0 bridgehead atoms. The lowest BCUT2D eigenvalue weighted by atomic mass is 10.3. The summed E-state index contributed by atoms with van der Waals surface area (Å²) in [4.78, 5) is 18.6. The first-order valence-electron chi connectivity index (χ1n) is 6.45. The minimum absolute atomic E-state index is 0.0179. The average molecular weight is 298 g/mol. The molecule has 1 fully saturated rings. The Morgan fingerprint density at radius 3 is 2.50 bits per heavy atom. The van der Waals surface area contributed by atoms with Gasteiger partial charge >= 0.3 is 0 Å². The molecular formula is C12H18N4O3S. The van der Waals surface area contributed by atoms with Crippen molar-refractivity contribution in [3.05, 3.63) is 18.3 Å². The van der Waals surface area contributed by atoms with Crippen molar-refractivity contribution >= 4 is 27.9 Å². The third kappa shape index (κ3) is 3.60. The molecule has 110 valence electrons. The molecule has 0 atom stereocenters. The Balaban J connectivity index is 2.00. The van der Waals surface area contributed by atoms with Crippen molar-refractivity contribution in [3.8, 4) is 0 Å². The number of hydrogen-bond donors (Lipinski definition) is 1. The Morgan fingerprint density at radius 1 is 1.30 bits per heavy atom. The van der Waals surface area contributed by atoms with Gasteiger partial charge in [0.2, 0.25) is 16.4 Å². The molecule has 1 amide bonds. The smallest absolute Gasteiger partial charge is 0.233 e. The summed E-state index contributed by atoms with van der Waals surface area (Å²) in [5.41, 5.74) is 0.926. The fraction of sp³-hybridized carbons (Fsp3) is 0.500. The van der Waals surface area contributed by atoms with Crippen molar-refractivity contribution in [2.75, 3.05) is 41.6 Å². The van der Waals surface area contributed by atoms with Gasteiger partial charge in [-0.1, -0.05) is 0 Å². The maximum atomic E-state index is 11.4. The maximum Gasteiger partial charge on any atom is 0.233 e. The van der Waals surface area contributed by atoms with E-state index in [4.69, 9.17) is 0 Å². The summed E-state index contributed by atoms with van der Waals surface area (Å²) in [5.74, 6) is 0.339. The van der Waals surface area contributed by atoms with Crippen LogP contribution >= 0.6 is 0 Å². The zero-order chi connectivity index (χ0) is 14.6. The van der Waals surface area contributed by atoms with Crippen molar-refractivity contribution in [2.24, 2.45) is 0 Å². The number of amides is 1. The number of piperazine rings is 1. The molecule has 0 unspecified atom stereocenters. The molecule has 1 aromatic rings. The summed E-state index contributed by atoms with van der Waals surface area (Å²) in [6, 6.07) is 3.48. The summed E-state index contributed by atoms with van der Waals surface area (Å²) >= 11 is 0. The molecule has 1 aliphatic heterocycles. The molecule has 0 spiro atoms. The highest BCUT2D eigenvalue weighted by Crippen LogP contribution is 2.17. The lowest BCUT2D eigenvalue weighted by molar-refractivity contribution is -0.118. The van der Waals surface area contributed by atoms with Crippen LogP contribution in [0.1, 0.15) is 6.92 Å². The Bertz CT molecular complexity index is 551. The standard InChI is InChI=1S/C12H18N4O3S/c1-2-20(18,19)14-12-4-3-11(9-13-12)16-7-5-15(10-17)6-8-16/h3-4,9-10H,2,5-8H2,1H3,(H,13,14). The second-order valence-corrected chi connectivity index (χ2v) is 6.55. The summed E-state index contributed by atoms with van der Waals surface area (Å²) in [6.07, 6.45) is 2.50. The normalized spacial score (nSPS) is 16.1. The molecule has 0 radical (unpaired) electrons. The van der Waals surface area contributed by atoms with Crippen molar-refractivity contribution in [1.82, 2.24) is 9.88 Å². The number of hydrogen-bond acceptors (Lipinski definition) is 5. The van der Waals surface area contributed by atoms with Gasteiger partial charge in [0.15, 0.2) is 0 Å². The van der Waals surface area contributed by atoms with E-state index < -0.39 is 10.0 Å². The number of carbonyl (C=O) groups excluding carboxylic acids is 1. The van der Waals surface area contributed by atoms with Crippen LogP contribution in [0.3, 0.4) is 0 Å². The van der Waals surface area contributed by atoms with Gasteiger partial charge in [0.05, 0.1) is 17.6 Å². The zero-order valence-electron chi connectivity index (χ0n) is 11.3. The molecule has 0 aliphatic carbocycles. The van der Waals surface area contributed by atoms with Crippen molar-refractivity contribution in [2.45, 2.75) is 6.92 Å². The second kappa shape index (κ2) is 6.08. The van der Waals surface area contributed by atoms with Crippen LogP contribution in [0.4, 0.5) is 11.5 Å². The molecule has 2 rings (SSSR count). The molecule has 1 aliphatic rings. The van der Waals surface area contributed by atoms with E-state index in [2.05, 4.69) is 14.6 Å².